The SMILES string of the molecule is O=c1c(-c2ccccc2Cl)c(C(F)(F)F)oc2cc(OCc3cccc4ccccc34)ccc12. The molecule has 1 aromatic heterocycles. The van der Waals surface area contributed by atoms with Crippen molar-refractivity contribution in [2.45, 2.75) is 12.8 Å². The van der Waals surface area contributed by atoms with Crippen LogP contribution in [0.25, 0.3) is 32.9 Å². The maximum Gasteiger partial charge on any atom is 0.450 e. The van der Waals surface area contributed by atoms with Crippen molar-refractivity contribution in [2.75, 3.05) is 0 Å². The number of halogens is 4. The van der Waals surface area contributed by atoms with Crippen LogP contribution in [0.3, 0.4) is 0 Å². The molecule has 0 radical (unpaired) electrons. The molecule has 0 saturated heterocycles. The molecule has 0 unspecified atom stereocenters. The maximum atomic E-state index is 13.9. The molecule has 170 valence electrons. The fourth-order valence-corrected chi connectivity index (χ4v) is 4.18. The first kappa shape index (κ1) is 22.0. The van der Waals surface area contributed by atoms with Crippen LogP contribution < -0.4 is 10.2 Å². The Kier molecular flexibility index (Phi) is 5.54. The largest absolute Gasteiger partial charge is 0.489 e. The number of alkyl halides is 3. The molecule has 5 rings (SSSR count). The molecule has 0 N–H and O–H groups in total. The van der Waals surface area contributed by atoms with Gasteiger partial charge in [-0.1, -0.05) is 72.3 Å². The Bertz CT molecular complexity index is 1580. The van der Waals surface area contributed by atoms with Crippen molar-refractivity contribution in [1.82, 2.24) is 0 Å². The van der Waals surface area contributed by atoms with Crippen LogP contribution in [0.15, 0.2) is 94.1 Å². The van der Waals surface area contributed by atoms with Gasteiger partial charge >= 0.3 is 6.18 Å². The average molecular weight is 481 g/mol. The first-order chi connectivity index (χ1) is 16.3. The quantitative estimate of drug-likeness (QED) is 0.263. The van der Waals surface area contributed by atoms with Crippen LogP contribution in [0.2, 0.25) is 5.02 Å². The van der Waals surface area contributed by atoms with E-state index in [9.17, 15) is 18.0 Å². The molecule has 0 amide bonds. The lowest BCUT2D eigenvalue weighted by atomic mass is 10.0. The van der Waals surface area contributed by atoms with Crippen LogP contribution >= 0.6 is 11.6 Å². The zero-order chi connectivity index (χ0) is 23.9. The van der Waals surface area contributed by atoms with Crippen molar-refractivity contribution >= 4 is 33.3 Å². The van der Waals surface area contributed by atoms with E-state index in [1.807, 2.05) is 42.5 Å². The predicted octanol–water partition coefficient (Wildman–Crippen LogP) is 7.86. The van der Waals surface area contributed by atoms with Gasteiger partial charge in [-0.25, -0.2) is 0 Å². The van der Waals surface area contributed by atoms with Crippen LogP contribution in [0.1, 0.15) is 11.3 Å². The summed E-state index contributed by atoms with van der Waals surface area (Å²) in [5, 5.41) is 2.09. The van der Waals surface area contributed by atoms with Gasteiger partial charge in [0.05, 0.1) is 10.9 Å². The lowest BCUT2D eigenvalue weighted by Gasteiger charge is -2.14. The molecule has 7 heteroatoms. The summed E-state index contributed by atoms with van der Waals surface area (Å²) in [5.74, 6) is -1.12. The fraction of sp³-hybridized carbons (Fsp3) is 0.0741. The Balaban J connectivity index is 1.58. The van der Waals surface area contributed by atoms with Gasteiger partial charge in [0.15, 0.2) is 0 Å². The van der Waals surface area contributed by atoms with Gasteiger partial charge in [-0.3, -0.25) is 4.79 Å². The molecule has 0 aliphatic carbocycles. The van der Waals surface area contributed by atoms with E-state index >= 15 is 0 Å². The van der Waals surface area contributed by atoms with Crippen LogP contribution in [0.4, 0.5) is 13.2 Å². The van der Waals surface area contributed by atoms with E-state index < -0.39 is 22.9 Å². The van der Waals surface area contributed by atoms with E-state index in [2.05, 4.69) is 0 Å². The highest BCUT2D eigenvalue weighted by atomic mass is 35.5. The predicted molar refractivity (Wildman–Crippen MR) is 126 cm³/mol. The Hall–Kier alpha value is -3.77. The summed E-state index contributed by atoms with van der Waals surface area (Å²) in [6.07, 6.45) is -4.90. The number of rotatable bonds is 4. The molecule has 0 fully saturated rings. The zero-order valence-corrected chi connectivity index (χ0v) is 18.3. The average Bonchev–Trinajstić information content (AvgIpc) is 2.82. The number of fused-ring (bicyclic) bond motifs is 2. The standard InChI is InChI=1S/C27H16ClF3O3/c28-22-11-4-3-10-20(22)24-25(32)21-13-12-18(14-23(21)34-26(24)27(29,30)31)33-15-17-8-5-7-16-6-1-2-9-19(16)17/h1-14H,15H2. The lowest BCUT2D eigenvalue weighted by molar-refractivity contribution is -0.152. The third-order valence-corrected chi connectivity index (χ3v) is 5.87. The van der Waals surface area contributed by atoms with E-state index in [0.717, 1.165) is 16.3 Å². The Morgan fingerprint density at radius 3 is 2.38 bits per heavy atom. The fourth-order valence-electron chi connectivity index (χ4n) is 3.95. The molecule has 0 bridgehead atoms. The van der Waals surface area contributed by atoms with Crippen LogP contribution in [-0.2, 0) is 12.8 Å². The van der Waals surface area contributed by atoms with Crippen molar-refractivity contribution in [3.63, 3.8) is 0 Å². The summed E-state index contributed by atoms with van der Waals surface area (Å²) in [5.41, 5.74) is -0.769. The van der Waals surface area contributed by atoms with Crippen molar-refractivity contribution in [3.8, 4) is 16.9 Å². The number of hydrogen-bond donors (Lipinski definition) is 0. The van der Waals surface area contributed by atoms with E-state index in [-0.39, 0.29) is 33.9 Å². The summed E-state index contributed by atoms with van der Waals surface area (Å²) in [7, 11) is 0. The first-order valence-electron chi connectivity index (χ1n) is 10.4. The van der Waals surface area contributed by atoms with Crippen LogP contribution in [-0.4, -0.2) is 0 Å². The van der Waals surface area contributed by atoms with Gasteiger partial charge in [0.25, 0.3) is 0 Å². The highest BCUT2D eigenvalue weighted by Crippen LogP contribution is 2.39. The van der Waals surface area contributed by atoms with Gasteiger partial charge in [0.2, 0.25) is 11.2 Å². The third-order valence-electron chi connectivity index (χ3n) is 5.54. The molecule has 34 heavy (non-hydrogen) atoms. The van der Waals surface area contributed by atoms with E-state index in [1.165, 1.54) is 36.4 Å². The normalized spacial score (nSPS) is 11.8. The Labute approximate surface area is 197 Å². The Morgan fingerprint density at radius 2 is 1.59 bits per heavy atom. The topological polar surface area (TPSA) is 39.4 Å². The molecule has 5 aromatic rings. The second kappa shape index (κ2) is 8.54. The second-order valence-electron chi connectivity index (χ2n) is 7.70. The summed E-state index contributed by atoms with van der Waals surface area (Å²) >= 11 is 6.10. The number of ether oxygens (including phenoxy) is 1. The minimum atomic E-state index is -4.90. The minimum Gasteiger partial charge on any atom is -0.489 e. The van der Waals surface area contributed by atoms with Crippen LogP contribution in [0.5, 0.6) is 5.75 Å². The smallest absolute Gasteiger partial charge is 0.450 e. The van der Waals surface area contributed by atoms with E-state index in [1.54, 1.807) is 6.07 Å². The summed E-state index contributed by atoms with van der Waals surface area (Å²) in [4.78, 5) is 13.1. The molecule has 0 saturated carbocycles. The molecular weight excluding hydrogens is 465 g/mol. The molecular formula is C27H16ClF3O3. The second-order valence-corrected chi connectivity index (χ2v) is 8.11. The summed E-state index contributed by atoms with van der Waals surface area (Å²) in [6.45, 7) is 0.195. The first-order valence-corrected chi connectivity index (χ1v) is 10.7. The lowest BCUT2D eigenvalue weighted by Crippen LogP contribution is -2.16. The molecule has 0 spiro atoms. The van der Waals surface area contributed by atoms with Crippen LogP contribution in [0, 0.1) is 0 Å². The number of benzene rings is 4. The summed E-state index contributed by atoms with van der Waals surface area (Å²) in [6, 6.07) is 23.7. The van der Waals surface area contributed by atoms with Crippen molar-refractivity contribution in [2.24, 2.45) is 0 Å². The number of hydrogen-bond acceptors (Lipinski definition) is 3. The maximum absolute atomic E-state index is 13.9. The van der Waals surface area contributed by atoms with Crippen molar-refractivity contribution in [1.29, 1.82) is 0 Å². The van der Waals surface area contributed by atoms with E-state index in [4.69, 9.17) is 20.8 Å². The highest BCUT2D eigenvalue weighted by molar-refractivity contribution is 6.33. The molecule has 4 aromatic carbocycles. The molecule has 1 heterocycles. The van der Waals surface area contributed by atoms with Gasteiger partial charge in [-0.2, -0.15) is 13.2 Å². The van der Waals surface area contributed by atoms with Gasteiger partial charge in [-0.05, 0) is 34.5 Å². The molecule has 0 atom stereocenters. The molecule has 0 aliphatic rings. The van der Waals surface area contributed by atoms with Gasteiger partial charge in [-0.15, -0.1) is 0 Å². The van der Waals surface area contributed by atoms with Gasteiger partial charge in [0, 0.05) is 16.7 Å². The molecule has 0 aliphatic heterocycles. The highest BCUT2D eigenvalue weighted by Gasteiger charge is 2.39. The Morgan fingerprint density at radius 1 is 0.853 bits per heavy atom. The summed E-state index contributed by atoms with van der Waals surface area (Å²) < 4.78 is 52.7. The monoisotopic (exact) mass is 480 g/mol. The van der Waals surface area contributed by atoms with E-state index in [0.29, 0.717) is 0 Å². The minimum absolute atomic E-state index is 0.000399. The molecule has 3 nitrogen and oxygen atoms in total. The third kappa shape index (κ3) is 4.01. The van der Waals surface area contributed by atoms with Gasteiger partial charge in [0.1, 0.15) is 17.9 Å². The van der Waals surface area contributed by atoms with Gasteiger partial charge < -0.3 is 9.15 Å². The zero-order valence-electron chi connectivity index (χ0n) is 17.5. The van der Waals surface area contributed by atoms with Crippen molar-refractivity contribution < 1.29 is 22.3 Å². The van der Waals surface area contributed by atoms with Crippen molar-refractivity contribution in [3.05, 3.63) is 111 Å².